The zero-order chi connectivity index (χ0) is 18.1. The molecule has 6 nitrogen and oxygen atoms in total. The van der Waals surface area contributed by atoms with E-state index in [9.17, 15) is 4.79 Å². The molecule has 0 saturated heterocycles. The molecule has 0 fully saturated rings. The summed E-state index contributed by atoms with van der Waals surface area (Å²) in [5, 5.41) is 6.14. The van der Waals surface area contributed by atoms with Gasteiger partial charge in [0.1, 0.15) is 11.5 Å². The Balaban J connectivity index is 2.04. The molecule has 0 bridgehead atoms. The standard InChI is InChI=1S/C19H26N4O2/c1-4-14-8-6-9-15(5-2)18(14)23-19(24)16-12-22-17(13-21-16)20-10-7-11-25-3/h6,8-9,12-13H,4-5,7,10-11H2,1-3H3,(H,20,22)(H,23,24). The topological polar surface area (TPSA) is 76.1 Å². The molecule has 25 heavy (non-hydrogen) atoms. The van der Waals surface area contributed by atoms with E-state index < -0.39 is 0 Å². The Bertz CT molecular complexity index is 664. The lowest BCUT2D eigenvalue weighted by Crippen LogP contribution is -2.17. The molecule has 2 N–H and O–H groups in total. The number of aromatic nitrogens is 2. The van der Waals surface area contributed by atoms with Crippen molar-refractivity contribution < 1.29 is 9.53 Å². The first-order valence-electron chi connectivity index (χ1n) is 8.66. The van der Waals surface area contributed by atoms with Gasteiger partial charge < -0.3 is 15.4 Å². The number of benzene rings is 1. The third kappa shape index (κ3) is 5.26. The highest BCUT2D eigenvalue weighted by molar-refractivity contribution is 6.03. The van der Waals surface area contributed by atoms with Crippen molar-refractivity contribution in [2.24, 2.45) is 0 Å². The van der Waals surface area contributed by atoms with Crippen molar-refractivity contribution in [2.75, 3.05) is 30.9 Å². The second kappa shape index (κ2) is 9.74. The summed E-state index contributed by atoms with van der Waals surface area (Å²) >= 11 is 0. The van der Waals surface area contributed by atoms with Gasteiger partial charge in [-0.15, -0.1) is 0 Å². The maximum atomic E-state index is 12.5. The van der Waals surface area contributed by atoms with E-state index >= 15 is 0 Å². The third-order valence-electron chi connectivity index (χ3n) is 3.95. The van der Waals surface area contributed by atoms with E-state index in [2.05, 4.69) is 34.4 Å². The first kappa shape index (κ1) is 18.9. The Labute approximate surface area is 149 Å². The summed E-state index contributed by atoms with van der Waals surface area (Å²) < 4.78 is 5.00. The monoisotopic (exact) mass is 342 g/mol. The van der Waals surface area contributed by atoms with E-state index in [0.29, 0.717) is 18.1 Å². The van der Waals surface area contributed by atoms with Crippen LogP contribution in [0.25, 0.3) is 0 Å². The van der Waals surface area contributed by atoms with E-state index in [0.717, 1.165) is 42.6 Å². The smallest absolute Gasteiger partial charge is 0.275 e. The van der Waals surface area contributed by atoms with E-state index in [-0.39, 0.29) is 5.91 Å². The number of carbonyl (C=O) groups is 1. The molecule has 0 aliphatic heterocycles. The SMILES string of the molecule is CCc1cccc(CC)c1NC(=O)c1cnc(NCCCOC)cn1. The number of methoxy groups -OCH3 is 1. The van der Waals surface area contributed by atoms with Crippen molar-refractivity contribution in [3.05, 3.63) is 47.4 Å². The van der Waals surface area contributed by atoms with Crippen LogP contribution in [0.15, 0.2) is 30.6 Å². The molecular formula is C19H26N4O2. The molecule has 134 valence electrons. The molecule has 2 rings (SSSR count). The van der Waals surface area contributed by atoms with Gasteiger partial charge in [-0.25, -0.2) is 9.97 Å². The summed E-state index contributed by atoms with van der Waals surface area (Å²) in [4.78, 5) is 21.0. The summed E-state index contributed by atoms with van der Waals surface area (Å²) in [7, 11) is 1.67. The van der Waals surface area contributed by atoms with Gasteiger partial charge in [0.15, 0.2) is 0 Å². The number of nitrogens with one attached hydrogen (secondary N) is 2. The Morgan fingerprint density at radius 1 is 1.12 bits per heavy atom. The van der Waals surface area contributed by atoms with Crippen molar-refractivity contribution in [3.63, 3.8) is 0 Å². The van der Waals surface area contributed by atoms with E-state index in [1.54, 1.807) is 13.3 Å². The van der Waals surface area contributed by atoms with E-state index in [1.807, 2.05) is 18.2 Å². The van der Waals surface area contributed by atoms with Gasteiger partial charge in [0.25, 0.3) is 5.91 Å². The van der Waals surface area contributed by atoms with Gasteiger partial charge in [0.05, 0.1) is 12.4 Å². The summed E-state index contributed by atoms with van der Waals surface area (Å²) in [5.74, 6) is 0.407. The first-order valence-corrected chi connectivity index (χ1v) is 8.66. The zero-order valence-electron chi connectivity index (χ0n) is 15.1. The number of rotatable bonds is 9. The second-order valence-electron chi connectivity index (χ2n) is 5.67. The predicted molar refractivity (Wildman–Crippen MR) is 100 cm³/mol. The van der Waals surface area contributed by atoms with Gasteiger partial charge >= 0.3 is 0 Å². The highest BCUT2D eigenvalue weighted by atomic mass is 16.5. The van der Waals surface area contributed by atoms with E-state index in [4.69, 9.17) is 4.74 Å². The summed E-state index contributed by atoms with van der Waals surface area (Å²) in [5.41, 5.74) is 3.44. The fraction of sp³-hybridized carbons (Fsp3) is 0.421. The summed E-state index contributed by atoms with van der Waals surface area (Å²) in [6.07, 6.45) is 5.68. The lowest BCUT2D eigenvalue weighted by atomic mass is 10.0. The average Bonchev–Trinajstić information content (AvgIpc) is 2.65. The molecule has 0 saturated carbocycles. The minimum atomic E-state index is -0.242. The molecule has 0 spiro atoms. The molecule has 6 heteroatoms. The molecule has 2 aromatic rings. The largest absolute Gasteiger partial charge is 0.385 e. The minimum Gasteiger partial charge on any atom is -0.385 e. The molecule has 0 aliphatic rings. The highest BCUT2D eigenvalue weighted by Gasteiger charge is 2.13. The van der Waals surface area contributed by atoms with Crippen LogP contribution in [-0.2, 0) is 17.6 Å². The van der Waals surface area contributed by atoms with Crippen molar-refractivity contribution in [2.45, 2.75) is 33.1 Å². The maximum Gasteiger partial charge on any atom is 0.275 e. The van der Waals surface area contributed by atoms with Crippen LogP contribution in [-0.4, -0.2) is 36.1 Å². The number of carbonyl (C=O) groups excluding carboxylic acids is 1. The van der Waals surface area contributed by atoms with Crippen LogP contribution in [0.4, 0.5) is 11.5 Å². The Morgan fingerprint density at radius 2 is 1.84 bits per heavy atom. The Hall–Kier alpha value is -2.47. The van der Waals surface area contributed by atoms with Crippen LogP contribution >= 0.6 is 0 Å². The van der Waals surface area contributed by atoms with Crippen molar-refractivity contribution >= 4 is 17.4 Å². The van der Waals surface area contributed by atoms with Crippen LogP contribution in [0.2, 0.25) is 0 Å². The van der Waals surface area contributed by atoms with Gasteiger partial charge in [-0.05, 0) is 30.4 Å². The minimum absolute atomic E-state index is 0.242. The molecule has 1 aromatic heterocycles. The van der Waals surface area contributed by atoms with Crippen molar-refractivity contribution in [1.29, 1.82) is 0 Å². The number of ether oxygens (including phenoxy) is 1. The highest BCUT2D eigenvalue weighted by Crippen LogP contribution is 2.23. The van der Waals surface area contributed by atoms with Crippen LogP contribution in [0, 0.1) is 0 Å². The molecule has 0 atom stereocenters. The van der Waals surface area contributed by atoms with Crippen LogP contribution in [0.1, 0.15) is 41.9 Å². The quantitative estimate of drug-likeness (QED) is 0.684. The van der Waals surface area contributed by atoms with Gasteiger partial charge in [-0.2, -0.15) is 0 Å². The molecule has 1 heterocycles. The van der Waals surface area contributed by atoms with Crippen molar-refractivity contribution in [3.8, 4) is 0 Å². The van der Waals surface area contributed by atoms with Crippen LogP contribution < -0.4 is 10.6 Å². The first-order chi connectivity index (χ1) is 12.2. The molecule has 1 amide bonds. The number of aryl methyl sites for hydroxylation is 2. The van der Waals surface area contributed by atoms with Gasteiger partial charge in [0, 0.05) is 25.9 Å². The molecular weight excluding hydrogens is 316 g/mol. The fourth-order valence-electron chi connectivity index (χ4n) is 2.55. The number of amides is 1. The van der Waals surface area contributed by atoms with Gasteiger partial charge in [0.2, 0.25) is 0 Å². The molecule has 0 aliphatic carbocycles. The molecule has 0 radical (unpaired) electrons. The molecule has 1 aromatic carbocycles. The zero-order valence-corrected chi connectivity index (χ0v) is 15.1. The molecule has 0 unspecified atom stereocenters. The number of hydrogen-bond donors (Lipinski definition) is 2. The lowest BCUT2D eigenvalue weighted by Gasteiger charge is -2.14. The summed E-state index contributed by atoms with van der Waals surface area (Å²) in [6.45, 7) is 5.60. The fourth-order valence-corrected chi connectivity index (χ4v) is 2.55. The van der Waals surface area contributed by atoms with Gasteiger partial charge in [-0.3, -0.25) is 4.79 Å². The predicted octanol–water partition coefficient (Wildman–Crippen LogP) is 3.30. The second-order valence-corrected chi connectivity index (χ2v) is 5.67. The van der Waals surface area contributed by atoms with Crippen LogP contribution in [0.3, 0.4) is 0 Å². The lowest BCUT2D eigenvalue weighted by molar-refractivity contribution is 0.102. The maximum absolute atomic E-state index is 12.5. The van der Waals surface area contributed by atoms with E-state index in [1.165, 1.54) is 6.20 Å². The Kier molecular flexibility index (Phi) is 7.35. The number of para-hydroxylation sites is 1. The normalized spacial score (nSPS) is 10.5. The average molecular weight is 342 g/mol. The number of hydrogen-bond acceptors (Lipinski definition) is 5. The van der Waals surface area contributed by atoms with Gasteiger partial charge in [-0.1, -0.05) is 32.0 Å². The summed E-state index contributed by atoms with van der Waals surface area (Å²) in [6, 6.07) is 6.10. The van der Waals surface area contributed by atoms with Crippen LogP contribution in [0.5, 0.6) is 0 Å². The van der Waals surface area contributed by atoms with Crippen molar-refractivity contribution in [1.82, 2.24) is 9.97 Å². The Morgan fingerprint density at radius 3 is 2.40 bits per heavy atom. The third-order valence-corrected chi connectivity index (χ3v) is 3.95. The number of nitrogens with zero attached hydrogens (tertiary/aromatic N) is 2. The number of anilines is 2.